The Morgan fingerprint density at radius 3 is 2.93 bits per heavy atom. The minimum absolute atomic E-state index is 0.0385. The smallest absolute Gasteiger partial charge is 0.291 e. The monoisotopic (exact) mass is 397 g/mol. The lowest BCUT2D eigenvalue weighted by molar-refractivity contribution is -0.0646. The zero-order valence-corrected chi connectivity index (χ0v) is 16.9. The van der Waals surface area contributed by atoms with Gasteiger partial charge >= 0.3 is 0 Å². The maximum absolute atomic E-state index is 13.8. The van der Waals surface area contributed by atoms with Gasteiger partial charge in [-0.15, -0.1) is 0 Å². The fourth-order valence-electron chi connectivity index (χ4n) is 5.91. The average Bonchev–Trinajstić information content (AvgIpc) is 3.16. The summed E-state index contributed by atoms with van der Waals surface area (Å²) in [4.78, 5) is 21.9. The zero-order valence-electron chi connectivity index (χ0n) is 16.9. The summed E-state index contributed by atoms with van der Waals surface area (Å²) in [5.41, 5.74) is 1.70. The van der Waals surface area contributed by atoms with E-state index in [4.69, 9.17) is 4.42 Å². The van der Waals surface area contributed by atoms with Gasteiger partial charge in [-0.1, -0.05) is 18.6 Å². The molecule has 3 fully saturated rings. The Bertz CT molecular complexity index is 898. The minimum atomic E-state index is -0.173. The van der Waals surface area contributed by atoms with E-state index in [1.807, 2.05) is 17.9 Å². The van der Waals surface area contributed by atoms with Gasteiger partial charge in [0.2, 0.25) is 5.76 Å². The van der Waals surface area contributed by atoms with Crippen LogP contribution in [0.1, 0.15) is 47.5 Å². The van der Waals surface area contributed by atoms with Crippen molar-refractivity contribution in [3.8, 4) is 0 Å². The molecule has 154 valence electrons. The van der Waals surface area contributed by atoms with Gasteiger partial charge in [-0.05, 0) is 68.7 Å². The second kappa shape index (κ2) is 7.56. The van der Waals surface area contributed by atoms with E-state index >= 15 is 0 Å². The van der Waals surface area contributed by atoms with E-state index in [9.17, 15) is 9.18 Å². The Morgan fingerprint density at radius 2 is 2.14 bits per heavy atom. The Morgan fingerprint density at radius 1 is 1.28 bits per heavy atom. The molecule has 1 aromatic heterocycles. The third kappa shape index (κ3) is 3.48. The molecule has 0 radical (unpaired) electrons. The Kier molecular flexibility index (Phi) is 4.90. The molecule has 4 atom stereocenters. The maximum atomic E-state index is 13.8. The lowest BCUT2D eigenvalue weighted by Gasteiger charge is -2.56. The van der Waals surface area contributed by atoms with E-state index in [-0.39, 0.29) is 11.7 Å². The fraction of sp³-hybridized carbons (Fsp3) is 0.565. The normalized spacial score (nSPS) is 29.5. The molecule has 1 amide bonds. The number of nitrogens with zero attached hydrogens (tertiary/aromatic N) is 3. The number of carbonyl (C=O) groups is 1. The van der Waals surface area contributed by atoms with Gasteiger partial charge in [0.1, 0.15) is 5.82 Å². The molecule has 5 nitrogen and oxygen atoms in total. The molecule has 6 heteroatoms. The summed E-state index contributed by atoms with van der Waals surface area (Å²) in [7, 11) is 0. The lowest BCUT2D eigenvalue weighted by atomic mass is 9.71. The van der Waals surface area contributed by atoms with Crippen molar-refractivity contribution >= 4 is 5.91 Å². The van der Waals surface area contributed by atoms with Crippen molar-refractivity contribution in [2.75, 3.05) is 19.6 Å². The average molecular weight is 397 g/mol. The summed E-state index contributed by atoms with van der Waals surface area (Å²) in [6.07, 6.45) is 7.03. The van der Waals surface area contributed by atoms with Crippen LogP contribution in [-0.2, 0) is 6.42 Å². The van der Waals surface area contributed by atoms with Crippen molar-refractivity contribution in [2.24, 2.45) is 11.8 Å². The number of carbonyl (C=O) groups excluding carboxylic acids is 1. The first-order chi connectivity index (χ1) is 14.1. The molecule has 0 spiro atoms. The second-order valence-electron chi connectivity index (χ2n) is 8.94. The summed E-state index contributed by atoms with van der Waals surface area (Å²) in [5.74, 6) is 1.06. The molecule has 3 aliphatic rings. The highest BCUT2D eigenvalue weighted by atomic mass is 19.1. The number of piperidine rings is 3. The third-order valence-corrected chi connectivity index (χ3v) is 7.18. The van der Waals surface area contributed by atoms with Crippen LogP contribution in [0.3, 0.4) is 0 Å². The number of oxazole rings is 1. The fourth-order valence-corrected chi connectivity index (χ4v) is 5.91. The summed E-state index contributed by atoms with van der Waals surface area (Å²) >= 11 is 0. The number of rotatable bonds is 3. The van der Waals surface area contributed by atoms with E-state index in [1.54, 1.807) is 12.1 Å². The number of amides is 1. The quantitative estimate of drug-likeness (QED) is 0.793. The van der Waals surface area contributed by atoms with Crippen LogP contribution in [0.4, 0.5) is 4.39 Å². The highest BCUT2D eigenvalue weighted by Crippen LogP contribution is 2.42. The van der Waals surface area contributed by atoms with Crippen molar-refractivity contribution in [2.45, 2.75) is 51.1 Å². The van der Waals surface area contributed by atoms with E-state index in [2.05, 4.69) is 9.88 Å². The molecular weight excluding hydrogens is 369 g/mol. The molecule has 3 saturated heterocycles. The number of hydrogen-bond acceptors (Lipinski definition) is 4. The predicted molar refractivity (Wildman–Crippen MR) is 107 cm³/mol. The molecule has 5 rings (SSSR count). The minimum Gasteiger partial charge on any atom is -0.438 e. The molecule has 4 heterocycles. The molecule has 2 bridgehead atoms. The second-order valence-corrected chi connectivity index (χ2v) is 8.94. The largest absolute Gasteiger partial charge is 0.438 e. The van der Waals surface area contributed by atoms with Crippen molar-refractivity contribution in [1.29, 1.82) is 0 Å². The summed E-state index contributed by atoms with van der Waals surface area (Å²) in [6, 6.07) is 7.86. The molecule has 1 aromatic carbocycles. The van der Waals surface area contributed by atoms with Gasteiger partial charge in [0.15, 0.2) is 6.39 Å². The third-order valence-electron chi connectivity index (χ3n) is 7.18. The van der Waals surface area contributed by atoms with E-state index in [0.29, 0.717) is 35.4 Å². The van der Waals surface area contributed by atoms with Crippen molar-refractivity contribution in [3.05, 3.63) is 53.5 Å². The summed E-state index contributed by atoms with van der Waals surface area (Å²) < 4.78 is 19.2. The number of halogens is 1. The Balaban J connectivity index is 1.42. The molecule has 0 N–H and O–H groups in total. The molecular formula is C23H28FN3O2. The van der Waals surface area contributed by atoms with Crippen LogP contribution in [0.25, 0.3) is 0 Å². The maximum Gasteiger partial charge on any atom is 0.291 e. The molecule has 0 aliphatic carbocycles. The van der Waals surface area contributed by atoms with Gasteiger partial charge < -0.3 is 9.32 Å². The highest BCUT2D eigenvalue weighted by molar-refractivity contribution is 5.92. The van der Waals surface area contributed by atoms with Crippen molar-refractivity contribution < 1.29 is 13.6 Å². The van der Waals surface area contributed by atoms with Gasteiger partial charge in [-0.2, -0.15) is 0 Å². The van der Waals surface area contributed by atoms with E-state index < -0.39 is 0 Å². The number of hydrogen-bond donors (Lipinski definition) is 0. The summed E-state index contributed by atoms with van der Waals surface area (Å²) in [6.45, 7) is 4.46. The van der Waals surface area contributed by atoms with Crippen LogP contribution in [0.5, 0.6) is 0 Å². The molecule has 3 aliphatic heterocycles. The number of aromatic nitrogens is 1. The van der Waals surface area contributed by atoms with Crippen LogP contribution in [0.15, 0.2) is 35.1 Å². The molecule has 29 heavy (non-hydrogen) atoms. The van der Waals surface area contributed by atoms with Crippen LogP contribution in [-0.4, -0.2) is 52.4 Å². The Hall–Kier alpha value is -2.21. The predicted octanol–water partition coefficient (Wildman–Crippen LogP) is 3.68. The standard InChI is InChI=1S/C23H28FN3O2/c1-15-22(29-14-25-15)23(28)26-12-17-11-18(13-26)21(27-8-3-2-7-20(17)27)10-16-5-4-6-19(24)9-16/h4-6,9,14,17-18,20-21H,2-3,7-8,10-13H2,1H3/t17-,18+,20+,21+/m1/s1. The highest BCUT2D eigenvalue weighted by Gasteiger charge is 2.48. The van der Waals surface area contributed by atoms with Crippen LogP contribution in [0.2, 0.25) is 0 Å². The number of fused-ring (bicyclic) bond motifs is 4. The van der Waals surface area contributed by atoms with Crippen LogP contribution in [0, 0.1) is 24.6 Å². The zero-order chi connectivity index (χ0) is 20.0. The first kappa shape index (κ1) is 18.8. The van der Waals surface area contributed by atoms with Crippen molar-refractivity contribution in [3.63, 3.8) is 0 Å². The molecule has 2 aromatic rings. The lowest BCUT2D eigenvalue weighted by Crippen LogP contribution is -2.64. The number of benzene rings is 1. The number of likely N-dealkylation sites (tertiary alicyclic amines) is 1. The van der Waals surface area contributed by atoms with Crippen molar-refractivity contribution in [1.82, 2.24) is 14.8 Å². The Labute approximate surface area is 170 Å². The van der Waals surface area contributed by atoms with Crippen LogP contribution < -0.4 is 0 Å². The topological polar surface area (TPSA) is 49.6 Å². The van der Waals surface area contributed by atoms with Gasteiger partial charge in [0.25, 0.3) is 5.91 Å². The van der Waals surface area contributed by atoms with Gasteiger partial charge in [-0.25, -0.2) is 9.37 Å². The van der Waals surface area contributed by atoms with E-state index in [1.165, 1.54) is 31.7 Å². The van der Waals surface area contributed by atoms with E-state index in [0.717, 1.165) is 38.0 Å². The van der Waals surface area contributed by atoms with Gasteiger partial charge in [0, 0.05) is 25.2 Å². The first-order valence-corrected chi connectivity index (χ1v) is 10.8. The SMILES string of the molecule is Cc1ncoc1C(=O)N1C[C@H]2C[C@@H](C1)[C@H](Cc1cccc(F)c1)N1CCCC[C@@H]21. The van der Waals surface area contributed by atoms with Gasteiger partial charge in [0.05, 0.1) is 5.69 Å². The molecule has 0 saturated carbocycles. The summed E-state index contributed by atoms with van der Waals surface area (Å²) in [5, 5.41) is 0. The van der Waals surface area contributed by atoms with Gasteiger partial charge in [-0.3, -0.25) is 9.69 Å². The first-order valence-electron chi connectivity index (χ1n) is 10.8. The number of aryl methyl sites for hydroxylation is 1. The van der Waals surface area contributed by atoms with Crippen LogP contribution >= 0.6 is 0 Å². The molecule has 0 unspecified atom stereocenters.